The lowest BCUT2D eigenvalue weighted by Gasteiger charge is -2.15. The number of benzene rings is 3. The zero-order chi connectivity index (χ0) is 28.3. The first-order valence-electron chi connectivity index (χ1n) is 11.6. The van der Waals surface area contributed by atoms with Gasteiger partial charge in [0.25, 0.3) is 5.91 Å². The highest BCUT2D eigenvalue weighted by Crippen LogP contribution is 2.36. The number of nitrogens with zero attached hydrogens (tertiary/aromatic N) is 3. The molecular formula is C28H18Cl2F5N3O. The van der Waals surface area contributed by atoms with Crippen molar-refractivity contribution in [2.24, 2.45) is 5.10 Å². The molecule has 39 heavy (non-hydrogen) atoms. The Morgan fingerprint density at radius 2 is 1.54 bits per heavy atom. The zero-order valence-corrected chi connectivity index (χ0v) is 22.2. The lowest BCUT2D eigenvalue weighted by Crippen LogP contribution is -2.25. The van der Waals surface area contributed by atoms with E-state index in [-0.39, 0.29) is 16.3 Å². The van der Waals surface area contributed by atoms with E-state index >= 15 is 0 Å². The van der Waals surface area contributed by atoms with Crippen molar-refractivity contribution in [3.8, 4) is 0 Å². The molecule has 4 nitrogen and oxygen atoms in total. The zero-order valence-electron chi connectivity index (χ0n) is 20.6. The highest BCUT2D eigenvalue weighted by atomic mass is 35.5. The number of carbonyl (C=O) groups is 1. The summed E-state index contributed by atoms with van der Waals surface area (Å²) in [5, 5.41) is 5.78. The Balaban J connectivity index is 1.65. The topological polar surface area (TPSA) is 37.6 Å². The average molecular weight is 578 g/mol. The largest absolute Gasteiger partial charge is 0.340 e. The van der Waals surface area contributed by atoms with E-state index in [2.05, 4.69) is 5.10 Å². The molecule has 0 atom stereocenters. The first-order valence-corrected chi connectivity index (χ1v) is 12.3. The minimum absolute atomic E-state index is 0.0395. The van der Waals surface area contributed by atoms with Crippen molar-refractivity contribution in [1.82, 2.24) is 4.57 Å². The van der Waals surface area contributed by atoms with Crippen LogP contribution >= 0.6 is 23.2 Å². The third-order valence-corrected chi connectivity index (χ3v) is 7.27. The minimum atomic E-state index is -2.32. The van der Waals surface area contributed by atoms with Gasteiger partial charge in [-0.1, -0.05) is 47.5 Å². The van der Waals surface area contributed by atoms with Gasteiger partial charge < -0.3 is 4.57 Å². The Labute approximate surface area is 229 Å². The van der Waals surface area contributed by atoms with Crippen molar-refractivity contribution in [2.75, 3.05) is 5.01 Å². The number of hydrogen-bond donors (Lipinski definition) is 0. The molecule has 200 valence electrons. The molecule has 1 aliphatic heterocycles. The smallest absolute Gasteiger partial charge is 0.280 e. The Morgan fingerprint density at radius 1 is 0.897 bits per heavy atom. The first kappa shape index (κ1) is 26.9. The van der Waals surface area contributed by atoms with Crippen LogP contribution in [0.5, 0.6) is 0 Å². The van der Waals surface area contributed by atoms with Crippen molar-refractivity contribution < 1.29 is 26.7 Å². The van der Waals surface area contributed by atoms with Crippen LogP contribution in [-0.4, -0.2) is 16.2 Å². The molecule has 0 saturated heterocycles. The Bertz CT molecular complexity index is 1750. The van der Waals surface area contributed by atoms with Crippen molar-refractivity contribution in [3.63, 3.8) is 0 Å². The van der Waals surface area contributed by atoms with Crippen LogP contribution in [0.15, 0.2) is 47.1 Å². The number of amides is 1. The summed E-state index contributed by atoms with van der Waals surface area (Å²) in [6.45, 7) is 5.55. The number of rotatable bonds is 4. The first-order chi connectivity index (χ1) is 18.4. The SMILES string of the molecule is CC1=NN(c2c(F)c(F)c(F)c(F)c2F)C(=O)/C1=C/c1c(C)n(Cc2ccc(Cl)cc2Cl)c2c(C)cccc12. The molecule has 0 saturated carbocycles. The fourth-order valence-corrected chi connectivity index (χ4v) is 5.17. The monoisotopic (exact) mass is 577 g/mol. The molecule has 1 aromatic heterocycles. The van der Waals surface area contributed by atoms with Crippen LogP contribution < -0.4 is 5.01 Å². The van der Waals surface area contributed by atoms with E-state index in [4.69, 9.17) is 23.2 Å². The summed E-state index contributed by atoms with van der Waals surface area (Å²) >= 11 is 12.5. The van der Waals surface area contributed by atoms with E-state index in [0.29, 0.717) is 22.2 Å². The second-order valence-electron chi connectivity index (χ2n) is 9.07. The highest BCUT2D eigenvalue weighted by molar-refractivity contribution is 6.35. The lowest BCUT2D eigenvalue weighted by molar-refractivity contribution is -0.114. The number of para-hydroxylation sites is 1. The molecule has 1 amide bonds. The average Bonchev–Trinajstić information content (AvgIpc) is 3.32. The third kappa shape index (κ3) is 4.30. The summed E-state index contributed by atoms with van der Waals surface area (Å²) < 4.78 is 72.2. The summed E-state index contributed by atoms with van der Waals surface area (Å²) in [6.07, 6.45) is 1.50. The predicted molar refractivity (Wildman–Crippen MR) is 142 cm³/mol. The minimum Gasteiger partial charge on any atom is -0.340 e. The molecule has 0 fully saturated rings. The standard InChI is InChI=1S/C28H18Cl2F5N3O/c1-12-5-4-6-17-19(14(3)37(26(12)17)11-15-7-8-16(29)9-20(15)30)10-18-13(2)36-38(28(18)39)27-24(34)22(32)21(31)23(33)25(27)35/h4-10H,11H2,1-3H3/b18-10+. The van der Waals surface area contributed by atoms with E-state index in [9.17, 15) is 26.7 Å². The number of halogens is 7. The van der Waals surface area contributed by atoms with Crippen molar-refractivity contribution in [3.05, 3.63) is 103 Å². The molecule has 1 aliphatic rings. The van der Waals surface area contributed by atoms with Gasteiger partial charge in [-0.2, -0.15) is 10.1 Å². The van der Waals surface area contributed by atoms with Gasteiger partial charge in [-0.3, -0.25) is 4.79 Å². The van der Waals surface area contributed by atoms with Gasteiger partial charge >= 0.3 is 0 Å². The summed E-state index contributed by atoms with van der Waals surface area (Å²) in [5.74, 6) is -12.0. The predicted octanol–water partition coefficient (Wildman–Crippen LogP) is 8.11. The van der Waals surface area contributed by atoms with E-state index in [1.54, 1.807) is 12.1 Å². The van der Waals surface area contributed by atoms with E-state index in [1.807, 2.05) is 42.7 Å². The maximum atomic E-state index is 14.5. The quantitative estimate of drug-likeness (QED) is 0.104. The fraction of sp³-hybridized carbons (Fsp3) is 0.143. The van der Waals surface area contributed by atoms with Crippen LogP contribution in [0.3, 0.4) is 0 Å². The molecule has 11 heteroatoms. The van der Waals surface area contributed by atoms with Gasteiger partial charge in [-0.15, -0.1) is 0 Å². The number of aryl methyl sites for hydroxylation is 1. The summed E-state index contributed by atoms with van der Waals surface area (Å²) in [4.78, 5) is 13.3. The summed E-state index contributed by atoms with van der Waals surface area (Å²) in [6, 6.07) is 10.8. The number of hydrazone groups is 1. The van der Waals surface area contributed by atoms with Crippen LogP contribution in [0.2, 0.25) is 10.0 Å². The normalized spacial score (nSPS) is 14.7. The maximum Gasteiger partial charge on any atom is 0.280 e. The molecule has 0 spiro atoms. The molecule has 3 aromatic carbocycles. The summed E-state index contributed by atoms with van der Waals surface area (Å²) in [5.41, 5.74) is 2.51. The third-order valence-electron chi connectivity index (χ3n) is 6.69. The van der Waals surface area contributed by atoms with Crippen LogP contribution in [-0.2, 0) is 11.3 Å². The van der Waals surface area contributed by atoms with Gasteiger partial charge in [0, 0.05) is 33.2 Å². The Morgan fingerprint density at radius 3 is 2.18 bits per heavy atom. The molecule has 5 rings (SSSR count). The van der Waals surface area contributed by atoms with Gasteiger partial charge in [0.05, 0.1) is 16.8 Å². The Hall–Kier alpha value is -3.69. The van der Waals surface area contributed by atoms with Crippen LogP contribution in [0.4, 0.5) is 27.6 Å². The number of carbonyl (C=O) groups excluding carboxylic acids is 1. The molecule has 0 bridgehead atoms. The van der Waals surface area contributed by atoms with E-state index < -0.39 is 40.7 Å². The van der Waals surface area contributed by atoms with Crippen LogP contribution in [0.1, 0.15) is 29.3 Å². The van der Waals surface area contributed by atoms with Gasteiger partial charge in [0.2, 0.25) is 5.82 Å². The van der Waals surface area contributed by atoms with Gasteiger partial charge in [-0.25, -0.2) is 22.0 Å². The number of anilines is 1. The molecule has 2 heterocycles. The fourth-order valence-electron chi connectivity index (χ4n) is 4.70. The molecule has 0 unspecified atom stereocenters. The summed E-state index contributed by atoms with van der Waals surface area (Å²) in [7, 11) is 0. The highest BCUT2D eigenvalue weighted by Gasteiger charge is 2.37. The number of fused-ring (bicyclic) bond motifs is 1. The van der Waals surface area contributed by atoms with Crippen LogP contribution in [0.25, 0.3) is 17.0 Å². The molecule has 0 radical (unpaired) electrons. The molecular weight excluding hydrogens is 560 g/mol. The van der Waals surface area contributed by atoms with Crippen molar-refractivity contribution >= 4 is 57.5 Å². The molecule has 4 aromatic rings. The second-order valence-corrected chi connectivity index (χ2v) is 9.91. The number of aromatic nitrogens is 1. The van der Waals surface area contributed by atoms with E-state index in [1.165, 1.54) is 13.0 Å². The maximum absolute atomic E-state index is 14.5. The molecule has 0 aliphatic carbocycles. The van der Waals surface area contributed by atoms with Crippen LogP contribution in [0, 0.1) is 42.9 Å². The van der Waals surface area contributed by atoms with Crippen molar-refractivity contribution in [1.29, 1.82) is 0 Å². The van der Waals surface area contributed by atoms with Gasteiger partial charge in [-0.05, 0) is 50.1 Å². The van der Waals surface area contributed by atoms with Crippen molar-refractivity contribution in [2.45, 2.75) is 27.3 Å². The Kier molecular flexibility index (Phi) is 6.76. The van der Waals surface area contributed by atoms with Gasteiger partial charge in [0.1, 0.15) is 5.69 Å². The van der Waals surface area contributed by atoms with E-state index in [0.717, 1.165) is 27.7 Å². The lowest BCUT2D eigenvalue weighted by atomic mass is 10.0. The second kappa shape index (κ2) is 9.81. The van der Waals surface area contributed by atoms with Gasteiger partial charge in [0.15, 0.2) is 23.3 Å². The number of hydrogen-bond acceptors (Lipinski definition) is 2. The molecule has 0 N–H and O–H groups in total.